The number of ether oxygens (including phenoxy) is 6. The van der Waals surface area contributed by atoms with Gasteiger partial charge in [-0.3, -0.25) is 4.57 Å². The minimum Gasteiger partial charge on any atom is -0.493 e. The maximum Gasteiger partial charge on any atom is 0.335 e. The molecule has 0 aliphatic heterocycles. The number of halogens is 1. The molecule has 0 spiro atoms. The second-order valence-electron chi connectivity index (χ2n) is 9.94. The van der Waals surface area contributed by atoms with Crippen molar-refractivity contribution in [3.8, 4) is 34.5 Å². The Hall–Kier alpha value is -2.64. The van der Waals surface area contributed by atoms with E-state index >= 15 is 0 Å². The molecule has 0 aliphatic rings. The van der Waals surface area contributed by atoms with Crippen LogP contribution in [0, 0.1) is 0 Å². The van der Waals surface area contributed by atoms with E-state index in [4.69, 9.17) is 56.1 Å². The lowest BCUT2D eigenvalue weighted by atomic mass is 10.2. The fourth-order valence-corrected chi connectivity index (χ4v) is 6.99. The van der Waals surface area contributed by atoms with Gasteiger partial charge in [-0.15, -0.1) is 0 Å². The van der Waals surface area contributed by atoms with E-state index in [0.717, 1.165) is 28.0 Å². The molecule has 3 rings (SSSR count). The number of rotatable bonds is 20. The second kappa shape index (κ2) is 30.7. The number of hydrogen-bond acceptors (Lipinski definition) is 13. The van der Waals surface area contributed by atoms with Crippen LogP contribution >= 0.6 is 32.1 Å². The first-order chi connectivity index (χ1) is 25.6. The third kappa shape index (κ3) is 20.0. The van der Waals surface area contributed by atoms with E-state index < -0.39 is 16.2 Å². The molecule has 0 saturated carbocycles. The molecular formula is C37H59BrO13P2. The van der Waals surface area contributed by atoms with Crippen molar-refractivity contribution < 1.29 is 60.7 Å². The van der Waals surface area contributed by atoms with Crippen molar-refractivity contribution in [3.05, 3.63) is 71.3 Å². The number of benzene rings is 3. The van der Waals surface area contributed by atoms with Gasteiger partial charge in [0.1, 0.15) is 0 Å². The Morgan fingerprint density at radius 1 is 0.528 bits per heavy atom. The minimum absolute atomic E-state index is 0.0142. The molecule has 302 valence electrons. The molecule has 0 fully saturated rings. The van der Waals surface area contributed by atoms with Crippen LogP contribution in [-0.2, 0) is 45.3 Å². The first kappa shape index (κ1) is 50.4. The van der Waals surface area contributed by atoms with E-state index in [-0.39, 0.29) is 12.8 Å². The van der Waals surface area contributed by atoms with Gasteiger partial charge in [-0.2, -0.15) is 0 Å². The number of aliphatic hydroxyl groups excluding tert-OH is 1. The van der Waals surface area contributed by atoms with E-state index in [9.17, 15) is 4.57 Å². The van der Waals surface area contributed by atoms with Crippen LogP contribution in [0.25, 0.3) is 0 Å². The minimum atomic E-state index is -3.09. The highest BCUT2D eigenvalue weighted by Crippen LogP contribution is 2.51. The first-order valence-corrected chi connectivity index (χ1v) is 20.9. The van der Waals surface area contributed by atoms with Gasteiger partial charge >= 0.3 is 16.2 Å². The largest absolute Gasteiger partial charge is 0.493 e. The predicted octanol–water partition coefficient (Wildman–Crippen LogP) is 9.59. The maximum atomic E-state index is 12.4. The van der Waals surface area contributed by atoms with Gasteiger partial charge in [0.15, 0.2) is 34.5 Å². The number of methoxy groups -OCH3 is 6. The summed E-state index contributed by atoms with van der Waals surface area (Å²) >= 11 is 3.37. The van der Waals surface area contributed by atoms with Crippen LogP contribution in [0.3, 0.4) is 0 Å². The van der Waals surface area contributed by atoms with Crippen molar-refractivity contribution in [2.75, 3.05) is 75.7 Å². The molecule has 0 heterocycles. The van der Waals surface area contributed by atoms with Gasteiger partial charge in [0, 0.05) is 5.33 Å². The molecule has 0 aliphatic carbocycles. The molecule has 13 nitrogen and oxygen atoms in total. The number of aliphatic hydroxyl groups is 1. The third-order valence-electron chi connectivity index (χ3n) is 6.41. The van der Waals surface area contributed by atoms with Crippen LogP contribution < -0.4 is 28.4 Å². The van der Waals surface area contributed by atoms with Crippen molar-refractivity contribution in [1.29, 1.82) is 0 Å². The maximum absolute atomic E-state index is 12.4. The van der Waals surface area contributed by atoms with Gasteiger partial charge in [0.05, 0.1) is 88.5 Å². The van der Waals surface area contributed by atoms with E-state index in [0.29, 0.717) is 56.0 Å². The lowest BCUT2D eigenvalue weighted by molar-refractivity contribution is 0.176. The zero-order valence-electron chi connectivity index (χ0n) is 33.0. The molecule has 0 bridgehead atoms. The summed E-state index contributed by atoms with van der Waals surface area (Å²) in [4.78, 5) is 0. The summed E-state index contributed by atoms with van der Waals surface area (Å²) < 4.78 is 69.1. The van der Waals surface area contributed by atoms with Crippen molar-refractivity contribution in [2.45, 2.75) is 52.7 Å². The van der Waals surface area contributed by atoms with Crippen molar-refractivity contribution in [1.82, 2.24) is 0 Å². The average Bonchev–Trinajstić information content (AvgIpc) is 3.18. The van der Waals surface area contributed by atoms with E-state index in [1.165, 1.54) is 5.56 Å². The molecule has 0 amide bonds. The standard InChI is InChI=1S/C13H21O5P.C9H11BrO2.C9H12O3.C6H15O3P/c1-5-17-19(14,18-6-2)10-11-7-8-12(15-3)13(9-11)16-4;2*1-11-8-4-3-7(6-10)5-9(8)12-2;1-4-7-10(8-5-2)9-6-3/h7-9H,5-6,10H2,1-4H3;3-5H,6H2,1-2H3;3-5,10H,6H2,1-2H3;4-6H2,1-3H3. The van der Waals surface area contributed by atoms with Crippen molar-refractivity contribution >= 4 is 32.1 Å². The normalized spacial score (nSPS) is 10.5. The summed E-state index contributed by atoms with van der Waals surface area (Å²) in [6.45, 7) is 12.0. The Morgan fingerprint density at radius 2 is 0.868 bits per heavy atom. The van der Waals surface area contributed by atoms with Crippen molar-refractivity contribution in [3.63, 3.8) is 0 Å². The molecule has 3 aromatic rings. The third-order valence-corrected chi connectivity index (χ3v) is 10.5. The highest BCUT2D eigenvalue weighted by atomic mass is 79.9. The summed E-state index contributed by atoms with van der Waals surface area (Å²) in [5.41, 5.74) is 2.81. The summed E-state index contributed by atoms with van der Waals surface area (Å²) in [5.74, 6) is 4.09. The number of alkyl halides is 1. The molecule has 3 aromatic carbocycles. The van der Waals surface area contributed by atoms with Gasteiger partial charge < -0.3 is 56.1 Å². The quantitative estimate of drug-likeness (QED) is 0.0854. The van der Waals surface area contributed by atoms with E-state index in [1.54, 1.807) is 86.8 Å². The van der Waals surface area contributed by atoms with Crippen molar-refractivity contribution in [2.24, 2.45) is 0 Å². The zero-order valence-corrected chi connectivity index (χ0v) is 36.3. The topological polar surface area (TPSA) is 139 Å². The summed E-state index contributed by atoms with van der Waals surface area (Å²) in [6.07, 6.45) is 0.217. The van der Waals surface area contributed by atoms with Crippen LogP contribution in [-0.4, -0.2) is 80.8 Å². The monoisotopic (exact) mass is 852 g/mol. The lowest BCUT2D eigenvalue weighted by Gasteiger charge is -2.17. The molecular weight excluding hydrogens is 794 g/mol. The van der Waals surface area contributed by atoms with Crippen LogP contribution in [0.5, 0.6) is 34.5 Å². The van der Waals surface area contributed by atoms with Gasteiger partial charge in [-0.05, 0) is 87.7 Å². The molecule has 1 N–H and O–H groups in total. The lowest BCUT2D eigenvalue weighted by Crippen LogP contribution is -2.00. The Labute approximate surface area is 326 Å². The van der Waals surface area contributed by atoms with Gasteiger partial charge in [-0.25, -0.2) is 0 Å². The molecule has 53 heavy (non-hydrogen) atoms. The predicted molar refractivity (Wildman–Crippen MR) is 214 cm³/mol. The fraction of sp³-hybridized carbons (Fsp3) is 0.514. The Balaban J connectivity index is 0.000000704. The molecule has 16 heteroatoms. The van der Waals surface area contributed by atoms with Crippen LogP contribution in [0.2, 0.25) is 0 Å². The molecule has 0 radical (unpaired) electrons. The van der Waals surface area contributed by atoms with Gasteiger partial charge in [-0.1, -0.05) is 34.1 Å². The Morgan fingerprint density at radius 3 is 1.19 bits per heavy atom. The zero-order chi connectivity index (χ0) is 40.1. The smallest absolute Gasteiger partial charge is 0.335 e. The second-order valence-corrected chi connectivity index (χ2v) is 13.8. The Kier molecular flexibility index (Phi) is 29.1. The average molecular weight is 854 g/mol. The Bertz CT molecular complexity index is 1350. The molecule has 0 atom stereocenters. The summed E-state index contributed by atoms with van der Waals surface area (Å²) in [5, 5.41) is 9.65. The van der Waals surface area contributed by atoms with Crippen LogP contribution in [0.15, 0.2) is 54.6 Å². The fourth-order valence-electron chi connectivity index (χ4n) is 4.10. The molecule has 0 unspecified atom stereocenters. The van der Waals surface area contributed by atoms with Crippen LogP contribution in [0.1, 0.15) is 51.3 Å². The highest BCUT2D eigenvalue weighted by Gasteiger charge is 2.24. The van der Waals surface area contributed by atoms with Crippen LogP contribution in [0.4, 0.5) is 0 Å². The first-order valence-electron chi connectivity index (χ1n) is 16.9. The van der Waals surface area contributed by atoms with Gasteiger partial charge in [0.25, 0.3) is 0 Å². The van der Waals surface area contributed by atoms with E-state index in [1.807, 2.05) is 45.0 Å². The van der Waals surface area contributed by atoms with E-state index in [2.05, 4.69) is 15.9 Å². The summed E-state index contributed by atoms with van der Waals surface area (Å²) in [6, 6.07) is 16.5. The molecule has 0 saturated heterocycles. The SMILES string of the molecule is CCOP(=O)(Cc1ccc(OC)c(OC)c1)OCC.CCOP(OCC)OCC.COc1ccc(CBr)cc1OC.COc1ccc(CO)cc1OC. The number of hydrogen-bond donors (Lipinski definition) is 1. The van der Waals surface area contributed by atoms with Gasteiger partial charge in [0.2, 0.25) is 0 Å². The highest BCUT2D eigenvalue weighted by molar-refractivity contribution is 9.08. The molecule has 0 aromatic heterocycles. The summed E-state index contributed by atoms with van der Waals surface area (Å²) in [7, 11) is 5.40.